The minimum Gasteiger partial charge on any atom is -0.0844 e. The van der Waals surface area contributed by atoms with Gasteiger partial charge < -0.3 is 0 Å². The maximum absolute atomic E-state index is 2.43. The normalized spacial score (nSPS) is 29.2. The molecule has 0 aromatic carbocycles. The van der Waals surface area contributed by atoms with Gasteiger partial charge in [-0.1, -0.05) is 22.8 Å². The molecule has 0 saturated heterocycles. The van der Waals surface area contributed by atoms with Gasteiger partial charge in [0.1, 0.15) is 0 Å². The fourth-order valence-electron chi connectivity index (χ4n) is 2.18. The van der Waals surface area contributed by atoms with E-state index in [0.717, 1.165) is 5.92 Å². The molecule has 1 unspecified atom stereocenters. The molecule has 0 N–H and O–H groups in total. The second-order valence-electron chi connectivity index (χ2n) is 3.70. The zero-order chi connectivity index (χ0) is 7.14. The molecule has 0 aromatic heterocycles. The van der Waals surface area contributed by atoms with Crippen LogP contribution in [-0.2, 0) is 0 Å². The zero-order valence-corrected chi connectivity index (χ0v) is 6.78. The lowest BCUT2D eigenvalue weighted by Gasteiger charge is -2.10. The lowest BCUT2D eigenvalue weighted by atomic mass is 9.95. The van der Waals surface area contributed by atoms with Crippen molar-refractivity contribution in [2.75, 3.05) is 0 Å². The topological polar surface area (TPSA) is 0 Å². The lowest BCUT2D eigenvalue weighted by Crippen LogP contribution is -1.95. The van der Waals surface area contributed by atoms with Crippen molar-refractivity contribution in [3.05, 3.63) is 22.8 Å². The van der Waals surface area contributed by atoms with E-state index in [2.05, 4.69) is 19.9 Å². The van der Waals surface area contributed by atoms with Crippen molar-refractivity contribution in [2.45, 2.75) is 33.1 Å². The van der Waals surface area contributed by atoms with Crippen molar-refractivity contribution in [1.29, 1.82) is 0 Å². The minimum atomic E-state index is 0.917. The highest BCUT2D eigenvalue weighted by molar-refractivity contribution is 5.34. The van der Waals surface area contributed by atoms with Crippen molar-refractivity contribution >= 4 is 0 Å². The van der Waals surface area contributed by atoms with Crippen LogP contribution in [0.1, 0.15) is 33.1 Å². The molecule has 1 atom stereocenters. The fourth-order valence-corrected chi connectivity index (χ4v) is 2.18. The molecule has 2 rings (SSSR count). The number of fused-ring (bicyclic) bond motifs is 2. The monoisotopic (exact) mass is 134 g/mol. The summed E-state index contributed by atoms with van der Waals surface area (Å²) in [6, 6.07) is 0. The van der Waals surface area contributed by atoms with Gasteiger partial charge in [-0.2, -0.15) is 0 Å². The van der Waals surface area contributed by atoms with Crippen LogP contribution in [0.4, 0.5) is 0 Å². The SMILES string of the molecule is CC(C)=C1CC2=CCC1C2. The van der Waals surface area contributed by atoms with Gasteiger partial charge in [0.15, 0.2) is 0 Å². The van der Waals surface area contributed by atoms with Crippen LogP contribution < -0.4 is 0 Å². The summed E-state index contributed by atoms with van der Waals surface area (Å²) in [5.41, 5.74) is 4.99. The second kappa shape index (κ2) is 1.98. The van der Waals surface area contributed by atoms with Crippen molar-refractivity contribution in [1.82, 2.24) is 0 Å². The molecule has 0 amide bonds. The molecular formula is C10H14. The molecule has 0 radical (unpaired) electrons. The van der Waals surface area contributed by atoms with Gasteiger partial charge in [-0.05, 0) is 39.0 Å². The second-order valence-corrected chi connectivity index (χ2v) is 3.70. The van der Waals surface area contributed by atoms with Crippen LogP contribution >= 0.6 is 0 Å². The van der Waals surface area contributed by atoms with Gasteiger partial charge in [0.25, 0.3) is 0 Å². The Kier molecular flexibility index (Phi) is 1.23. The van der Waals surface area contributed by atoms with Crippen LogP contribution in [0.2, 0.25) is 0 Å². The molecule has 2 aliphatic rings. The van der Waals surface area contributed by atoms with Crippen LogP contribution in [0, 0.1) is 5.92 Å². The highest BCUT2D eigenvalue weighted by atomic mass is 14.3. The summed E-state index contributed by atoms with van der Waals surface area (Å²) in [5, 5.41) is 0. The molecule has 10 heavy (non-hydrogen) atoms. The molecule has 1 saturated carbocycles. The highest BCUT2D eigenvalue weighted by Gasteiger charge is 2.28. The quantitative estimate of drug-likeness (QED) is 0.447. The Labute approximate surface area is 62.6 Å². The van der Waals surface area contributed by atoms with Crippen LogP contribution in [0.3, 0.4) is 0 Å². The average Bonchev–Trinajstić information content (AvgIpc) is 2.44. The first-order valence-electron chi connectivity index (χ1n) is 4.11. The number of hydrogen-bond donors (Lipinski definition) is 0. The summed E-state index contributed by atoms with van der Waals surface area (Å²) in [6.45, 7) is 4.49. The van der Waals surface area contributed by atoms with E-state index in [-0.39, 0.29) is 0 Å². The first-order chi connectivity index (χ1) is 4.77. The molecule has 0 heteroatoms. The number of hydrogen-bond acceptors (Lipinski definition) is 0. The molecule has 0 nitrogen and oxygen atoms in total. The van der Waals surface area contributed by atoms with Gasteiger partial charge in [0, 0.05) is 0 Å². The van der Waals surface area contributed by atoms with E-state index in [9.17, 15) is 0 Å². The molecule has 0 aliphatic heterocycles. The Morgan fingerprint density at radius 1 is 1.50 bits per heavy atom. The summed E-state index contributed by atoms with van der Waals surface area (Å²) in [4.78, 5) is 0. The fraction of sp³-hybridized carbons (Fsp3) is 0.600. The molecule has 1 fully saturated rings. The Morgan fingerprint density at radius 2 is 2.30 bits per heavy atom. The van der Waals surface area contributed by atoms with Crippen LogP contribution in [0.15, 0.2) is 22.8 Å². The summed E-state index contributed by atoms with van der Waals surface area (Å²) >= 11 is 0. The van der Waals surface area contributed by atoms with Crippen molar-refractivity contribution in [3.8, 4) is 0 Å². The molecule has 2 bridgehead atoms. The van der Waals surface area contributed by atoms with Crippen LogP contribution in [0.5, 0.6) is 0 Å². The van der Waals surface area contributed by atoms with E-state index in [1.165, 1.54) is 19.3 Å². The number of rotatable bonds is 0. The van der Waals surface area contributed by atoms with E-state index < -0.39 is 0 Å². The minimum absolute atomic E-state index is 0.917. The first kappa shape index (κ1) is 6.21. The van der Waals surface area contributed by atoms with Gasteiger partial charge >= 0.3 is 0 Å². The summed E-state index contributed by atoms with van der Waals surface area (Å²) in [5.74, 6) is 0.917. The number of allylic oxidation sites excluding steroid dienone is 4. The Bertz CT molecular complexity index is 214. The smallest absolute Gasteiger partial charge is 0.0103 e. The molecule has 0 aromatic rings. The zero-order valence-electron chi connectivity index (χ0n) is 6.78. The Hall–Kier alpha value is -0.520. The standard InChI is InChI=1S/C10H14/c1-7(2)10-6-8-3-4-9(10)5-8/h3,9H,4-6H2,1-2H3. The maximum atomic E-state index is 2.43. The first-order valence-corrected chi connectivity index (χ1v) is 4.11. The van der Waals surface area contributed by atoms with E-state index in [4.69, 9.17) is 0 Å². The molecule has 0 spiro atoms. The van der Waals surface area contributed by atoms with Gasteiger partial charge in [-0.3, -0.25) is 0 Å². The third-order valence-electron chi connectivity index (χ3n) is 2.75. The predicted molar refractivity (Wildman–Crippen MR) is 43.8 cm³/mol. The van der Waals surface area contributed by atoms with Crippen molar-refractivity contribution in [3.63, 3.8) is 0 Å². The van der Waals surface area contributed by atoms with Crippen molar-refractivity contribution < 1.29 is 0 Å². The lowest BCUT2D eigenvalue weighted by molar-refractivity contribution is 0.688. The highest BCUT2D eigenvalue weighted by Crippen LogP contribution is 2.44. The molecule has 54 valence electrons. The third-order valence-corrected chi connectivity index (χ3v) is 2.75. The van der Waals surface area contributed by atoms with Gasteiger partial charge in [0.05, 0.1) is 0 Å². The van der Waals surface area contributed by atoms with Crippen molar-refractivity contribution in [2.24, 2.45) is 5.92 Å². The van der Waals surface area contributed by atoms with Gasteiger partial charge in [-0.15, -0.1) is 0 Å². The summed E-state index contributed by atoms with van der Waals surface area (Å²) < 4.78 is 0. The maximum Gasteiger partial charge on any atom is -0.0103 e. The molecule has 2 aliphatic carbocycles. The van der Waals surface area contributed by atoms with Gasteiger partial charge in [-0.25, -0.2) is 0 Å². The largest absolute Gasteiger partial charge is 0.0844 e. The van der Waals surface area contributed by atoms with E-state index in [1.54, 1.807) is 16.7 Å². The van der Waals surface area contributed by atoms with Crippen LogP contribution in [-0.4, -0.2) is 0 Å². The van der Waals surface area contributed by atoms with Crippen LogP contribution in [0.25, 0.3) is 0 Å². The average molecular weight is 134 g/mol. The molecular weight excluding hydrogens is 120 g/mol. The Morgan fingerprint density at radius 3 is 2.60 bits per heavy atom. The Balaban J connectivity index is 2.33. The van der Waals surface area contributed by atoms with Gasteiger partial charge in [0.2, 0.25) is 0 Å². The summed E-state index contributed by atoms with van der Waals surface area (Å²) in [6.07, 6.45) is 6.43. The predicted octanol–water partition coefficient (Wildman–Crippen LogP) is 3.06. The summed E-state index contributed by atoms with van der Waals surface area (Å²) in [7, 11) is 0. The molecule has 0 heterocycles. The third kappa shape index (κ3) is 0.749. The van der Waals surface area contributed by atoms with E-state index >= 15 is 0 Å². The van der Waals surface area contributed by atoms with E-state index in [0.29, 0.717) is 0 Å². The van der Waals surface area contributed by atoms with E-state index in [1.807, 2.05) is 0 Å².